The van der Waals surface area contributed by atoms with Gasteiger partial charge in [0, 0.05) is 11.9 Å². The van der Waals surface area contributed by atoms with Gasteiger partial charge in [-0.2, -0.15) is 0 Å². The van der Waals surface area contributed by atoms with E-state index in [-0.39, 0.29) is 5.91 Å². The Morgan fingerprint density at radius 3 is 2.57 bits per heavy atom. The maximum absolute atomic E-state index is 12.6. The molecule has 0 saturated carbocycles. The molecule has 0 atom stereocenters. The number of carbonyl (C=O) groups excluding carboxylic acids is 1. The topological polar surface area (TPSA) is 38.8 Å². The van der Waals surface area contributed by atoms with Gasteiger partial charge in [-0.3, -0.25) is 4.79 Å². The van der Waals surface area contributed by atoms with Crippen molar-refractivity contribution in [1.29, 1.82) is 0 Å². The van der Waals surface area contributed by atoms with E-state index in [2.05, 4.69) is 15.9 Å². The number of hydrogen-bond acceptors (Lipinski definition) is 4. The van der Waals surface area contributed by atoms with Crippen LogP contribution in [0.3, 0.4) is 0 Å². The monoisotopic (exact) mass is 369 g/mol. The molecular formula is C15H16BrNO3S. The van der Waals surface area contributed by atoms with Crippen LogP contribution in [0.1, 0.15) is 15.2 Å². The van der Waals surface area contributed by atoms with Crippen molar-refractivity contribution < 1.29 is 14.3 Å². The van der Waals surface area contributed by atoms with E-state index in [0.717, 1.165) is 8.66 Å². The summed E-state index contributed by atoms with van der Waals surface area (Å²) in [4.78, 5) is 15.4. The lowest BCUT2D eigenvalue weighted by molar-refractivity contribution is 0.0782. The van der Waals surface area contributed by atoms with Gasteiger partial charge in [-0.1, -0.05) is 0 Å². The van der Waals surface area contributed by atoms with Gasteiger partial charge >= 0.3 is 0 Å². The summed E-state index contributed by atoms with van der Waals surface area (Å²) >= 11 is 5.04. The van der Waals surface area contributed by atoms with E-state index in [0.29, 0.717) is 23.6 Å². The molecule has 0 radical (unpaired) electrons. The fraction of sp³-hybridized carbons (Fsp3) is 0.267. The number of methoxy groups -OCH3 is 2. The summed E-state index contributed by atoms with van der Waals surface area (Å²) in [5.41, 5.74) is 0.495. The number of nitrogens with zero attached hydrogens (tertiary/aromatic N) is 1. The molecule has 1 aromatic carbocycles. The SMILES string of the molecule is COc1ccc(OC)c(C(=O)N(C)Cc2ccc(Br)s2)c1. The van der Waals surface area contributed by atoms with Crippen molar-refractivity contribution in [1.82, 2.24) is 4.90 Å². The van der Waals surface area contributed by atoms with Gasteiger partial charge in [0.15, 0.2) is 0 Å². The van der Waals surface area contributed by atoms with Gasteiger partial charge in [-0.15, -0.1) is 11.3 Å². The number of rotatable bonds is 5. The minimum absolute atomic E-state index is 0.102. The standard InChI is InChI=1S/C15H16BrNO3S/c1-17(9-11-5-7-14(16)21-11)15(18)12-8-10(19-2)4-6-13(12)20-3/h4-8H,9H2,1-3H3. The summed E-state index contributed by atoms with van der Waals surface area (Å²) in [7, 11) is 4.90. The highest BCUT2D eigenvalue weighted by Gasteiger charge is 2.18. The molecule has 1 heterocycles. The third-order valence-electron chi connectivity index (χ3n) is 3.01. The second kappa shape index (κ2) is 6.95. The Hall–Kier alpha value is -1.53. The maximum atomic E-state index is 12.6. The summed E-state index contributed by atoms with van der Waals surface area (Å²) in [6, 6.07) is 9.18. The van der Waals surface area contributed by atoms with Crippen LogP contribution in [0.25, 0.3) is 0 Å². The Bertz CT molecular complexity index is 642. The summed E-state index contributed by atoms with van der Waals surface area (Å²) in [6.07, 6.45) is 0. The molecule has 0 aliphatic carbocycles. The maximum Gasteiger partial charge on any atom is 0.257 e. The van der Waals surface area contributed by atoms with Crippen molar-refractivity contribution in [3.05, 3.63) is 44.6 Å². The molecule has 0 N–H and O–H groups in total. The highest BCUT2D eigenvalue weighted by Crippen LogP contribution is 2.27. The van der Waals surface area contributed by atoms with E-state index in [4.69, 9.17) is 9.47 Å². The van der Waals surface area contributed by atoms with Crippen LogP contribution in [0.2, 0.25) is 0 Å². The van der Waals surface area contributed by atoms with E-state index >= 15 is 0 Å². The Morgan fingerprint density at radius 1 is 1.24 bits per heavy atom. The van der Waals surface area contributed by atoms with Gasteiger partial charge < -0.3 is 14.4 Å². The molecule has 0 fully saturated rings. The average Bonchev–Trinajstić information content (AvgIpc) is 2.90. The molecule has 0 unspecified atom stereocenters. The summed E-state index contributed by atoms with van der Waals surface area (Å²) < 4.78 is 11.5. The van der Waals surface area contributed by atoms with Gasteiger partial charge in [0.05, 0.1) is 30.1 Å². The first kappa shape index (κ1) is 15.9. The molecule has 0 spiro atoms. The van der Waals surface area contributed by atoms with Crippen molar-refractivity contribution >= 4 is 33.2 Å². The molecular weight excluding hydrogens is 354 g/mol. The molecule has 0 aliphatic heterocycles. The van der Waals surface area contributed by atoms with Crippen LogP contribution in [-0.2, 0) is 6.54 Å². The van der Waals surface area contributed by atoms with Crippen LogP contribution in [-0.4, -0.2) is 32.1 Å². The normalized spacial score (nSPS) is 10.3. The fourth-order valence-corrected chi connectivity index (χ4v) is 3.47. The highest BCUT2D eigenvalue weighted by atomic mass is 79.9. The van der Waals surface area contributed by atoms with Crippen LogP contribution in [0.5, 0.6) is 11.5 Å². The third kappa shape index (κ3) is 3.77. The van der Waals surface area contributed by atoms with E-state index in [1.54, 1.807) is 55.7 Å². The first-order valence-electron chi connectivity index (χ1n) is 6.27. The molecule has 0 bridgehead atoms. The number of amides is 1. The predicted molar refractivity (Wildman–Crippen MR) is 87.4 cm³/mol. The van der Waals surface area contributed by atoms with E-state index in [1.807, 2.05) is 12.1 Å². The predicted octanol–water partition coefficient (Wildman–Crippen LogP) is 3.80. The molecule has 0 aliphatic rings. The molecule has 1 amide bonds. The Kier molecular flexibility index (Phi) is 5.25. The largest absolute Gasteiger partial charge is 0.497 e. The number of thiophene rings is 1. The van der Waals surface area contributed by atoms with Gasteiger partial charge in [-0.05, 0) is 46.3 Å². The van der Waals surface area contributed by atoms with Crippen molar-refractivity contribution in [2.24, 2.45) is 0 Å². The molecule has 1 aromatic heterocycles. The van der Waals surface area contributed by atoms with Crippen LogP contribution >= 0.6 is 27.3 Å². The zero-order valence-electron chi connectivity index (χ0n) is 12.1. The number of benzene rings is 1. The van der Waals surface area contributed by atoms with Crippen molar-refractivity contribution in [2.45, 2.75) is 6.54 Å². The van der Waals surface area contributed by atoms with Gasteiger partial charge in [0.25, 0.3) is 5.91 Å². The summed E-state index contributed by atoms with van der Waals surface area (Å²) in [5, 5.41) is 0. The fourth-order valence-electron chi connectivity index (χ4n) is 1.93. The molecule has 0 saturated heterocycles. The van der Waals surface area contributed by atoms with Crippen molar-refractivity contribution in [3.63, 3.8) is 0 Å². The highest BCUT2D eigenvalue weighted by molar-refractivity contribution is 9.11. The lowest BCUT2D eigenvalue weighted by atomic mass is 10.1. The molecule has 21 heavy (non-hydrogen) atoms. The van der Waals surface area contributed by atoms with E-state index in [9.17, 15) is 4.79 Å². The van der Waals surface area contributed by atoms with E-state index < -0.39 is 0 Å². The Balaban J connectivity index is 2.21. The quantitative estimate of drug-likeness (QED) is 0.804. The van der Waals surface area contributed by atoms with Crippen molar-refractivity contribution in [2.75, 3.05) is 21.3 Å². The summed E-state index contributed by atoms with van der Waals surface area (Å²) in [5.74, 6) is 1.07. The second-order valence-electron chi connectivity index (χ2n) is 4.43. The van der Waals surface area contributed by atoms with Crippen LogP contribution in [0, 0.1) is 0 Å². The zero-order chi connectivity index (χ0) is 15.4. The Morgan fingerprint density at radius 2 is 2.00 bits per heavy atom. The Labute approximate surface area is 136 Å². The average molecular weight is 370 g/mol. The molecule has 112 valence electrons. The van der Waals surface area contributed by atoms with Gasteiger partial charge in [0.1, 0.15) is 11.5 Å². The first-order chi connectivity index (χ1) is 10.0. The van der Waals surface area contributed by atoms with Crippen molar-refractivity contribution in [3.8, 4) is 11.5 Å². The lowest BCUT2D eigenvalue weighted by Crippen LogP contribution is -2.26. The van der Waals surface area contributed by atoms with Crippen LogP contribution in [0.4, 0.5) is 0 Å². The second-order valence-corrected chi connectivity index (χ2v) is 6.98. The minimum atomic E-state index is -0.102. The minimum Gasteiger partial charge on any atom is -0.497 e. The van der Waals surface area contributed by atoms with Crippen LogP contribution < -0.4 is 9.47 Å². The summed E-state index contributed by atoms with van der Waals surface area (Å²) in [6.45, 7) is 0.551. The first-order valence-corrected chi connectivity index (χ1v) is 7.87. The molecule has 2 aromatic rings. The van der Waals surface area contributed by atoms with Crippen LogP contribution in [0.15, 0.2) is 34.1 Å². The van der Waals surface area contributed by atoms with Gasteiger partial charge in [0.2, 0.25) is 0 Å². The zero-order valence-corrected chi connectivity index (χ0v) is 14.5. The number of ether oxygens (including phenoxy) is 2. The molecule has 2 rings (SSSR count). The molecule has 6 heteroatoms. The van der Waals surface area contributed by atoms with Gasteiger partial charge in [-0.25, -0.2) is 0 Å². The smallest absolute Gasteiger partial charge is 0.257 e. The number of hydrogen-bond donors (Lipinski definition) is 0. The number of halogens is 1. The number of carbonyl (C=O) groups is 1. The van der Waals surface area contributed by atoms with E-state index in [1.165, 1.54) is 0 Å². The lowest BCUT2D eigenvalue weighted by Gasteiger charge is -2.18. The molecule has 4 nitrogen and oxygen atoms in total. The third-order valence-corrected chi connectivity index (χ3v) is 4.61.